The maximum atomic E-state index is 13.9. The summed E-state index contributed by atoms with van der Waals surface area (Å²) in [6, 6.07) is 3.99. The zero-order chi connectivity index (χ0) is 14.1. The molecule has 3 N–H and O–H groups in total. The number of rotatable bonds is 5. The maximum Gasteiger partial charge on any atom is 0.243 e. The van der Waals surface area contributed by atoms with E-state index in [-0.39, 0.29) is 11.4 Å². The summed E-state index contributed by atoms with van der Waals surface area (Å²) in [6.45, 7) is 2.12. The SMILES string of the molecule is CCC1(NS(=O)(=O)c2ccc(CN)cc2F)CCC1. The molecule has 0 radical (unpaired) electrons. The molecule has 6 heteroatoms. The fourth-order valence-electron chi connectivity index (χ4n) is 2.36. The minimum Gasteiger partial charge on any atom is -0.326 e. The van der Waals surface area contributed by atoms with Crippen LogP contribution in [-0.2, 0) is 16.6 Å². The van der Waals surface area contributed by atoms with Crippen molar-refractivity contribution >= 4 is 10.0 Å². The number of sulfonamides is 1. The lowest BCUT2D eigenvalue weighted by atomic mass is 9.76. The minimum atomic E-state index is -3.81. The molecule has 0 bridgehead atoms. The first-order chi connectivity index (χ1) is 8.92. The highest BCUT2D eigenvalue weighted by atomic mass is 32.2. The highest BCUT2D eigenvalue weighted by Gasteiger charge is 2.39. The Balaban J connectivity index is 2.29. The van der Waals surface area contributed by atoms with E-state index in [1.165, 1.54) is 18.2 Å². The van der Waals surface area contributed by atoms with E-state index >= 15 is 0 Å². The van der Waals surface area contributed by atoms with Crippen molar-refractivity contribution in [2.24, 2.45) is 5.73 Å². The van der Waals surface area contributed by atoms with E-state index < -0.39 is 21.4 Å². The van der Waals surface area contributed by atoms with Gasteiger partial charge in [-0.25, -0.2) is 17.5 Å². The van der Waals surface area contributed by atoms with Gasteiger partial charge in [-0.1, -0.05) is 13.0 Å². The summed E-state index contributed by atoms with van der Waals surface area (Å²) in [5, 5.41) is 0. The van der Waals surface area contributed by atoms with E-state index in [0.717, 1.165) is 19.3 Å². The smallest absolute Gasteiger partial charge is 0.243 e. The number of nitrogens with one attached hydrogen (secondary N) is 1. The average Bonchev–Trinajstić information content (AvgIpc) is 2.33. The summed E-state index contributed by atoms with van der Waals surface area (Å²) < 4.78 is 41.0. The van der Waals surface area contributed by atoms with Crippen LogP contribution in [-0.4, -0.2) is 14.0 Å². The molecule has 0 atom stereocenters. The Labute approximate surface area is 113 Å². The third-order valence-electron chi connectivity index (χ3n) is 3.86. The van der Waals surface area contributed by atoms with Crippen molar-refractivity contribution in [3.63, 3.8) is 0 Å². The van der Waals surface area contributed by atoms with Gasteiger partial charge in [0.15, 0.2) is 0 Å². The molecular formula is C13H19FN2O2S. The summed E-state index contributed by atoms with van der Waals surface area (Å²) in [4.78, 5) is -0.301. The molecule has 1 saturated carbocycles. The van der Waals surface area contributed by atoms with Crippen LogP contribution < -0.4 is 10.5 Å². The molecule has 1 aliphatic rings. The van der Waals surface area contributed by atoms with Gasteiger partial charge in [-0.05, 0) is 43.4 Å². The predicted molar refractivity (Wildman–Crippen MR) is 71.5 cm³/mol. The molecule has 1 fully saturated rings. The normalized spacial score (nSPS) is 18.1. The van der Waals surface area contributed by atoms with Crippen LogP contribution in [0, 0.1) is 5.82 Å². The van der Waals surface area contributed by atoms with Crippen molar-refractivity contribution in [1.82, 2.24) is 4.72 Å². The average molecular weight is 286 g/mol. The Hall–Kier alpha value is -0.980. The van der Waals surface area contributed by atoms with E-state index in [0.29, 0.717) is 12.0 Å². The third-order valence-corrected chi connectivity index (χ3v) is 5.47. The molecule has 2 rings (SSSR count). The van der Waals surface area contributed by atoms with Gasteiger partial charge in [-0.3, -0.25) is 0 Å². The second-order valence-corrected chi connectivity index (χ2v) is 6.71. The van der Waals surface area contributed by atoms with Gasteiger partial charge in [0.05, 0.1) is 0 Å². The molecule has 0 aromatic heterocycles. The molecule has 0 heterocycles. The molecule has 0 aliphatic heterocycles. The third kappa shape index (κ3) is 2.80. The van der Waals surface area contributed by atoms with Crippen LogP contribution in [0.3, 0.4) is 0 Å². The van der Waals surface area contributed by atoms with Crippen LogP contribution in [0.1, 0.15) is 38.2 Å². The van der Waals surface area contributed by atoms with Gasteiger partial charge in [0.1, 0.15) is 10.7 Å². The van der Waals surface area contributed by atoms with Crippen LogP contribution in [0.25, 0.3) is 0 Å². The highest BCUT2D eigenvalue weighted by Crippen LogP contribution is 2.36. The molecule has 19 heavy (non-hydrogen) atoms. The molecule has 1 aliphatic carbocycles. The summed E-state index contributed by atoms with van der Waals surface area (Å²) in [5.41, 5.74) is 5.58. The van der Waals surface area contributed by atoms with Crippen molar-refractivity contribution in [3.8, 4) is 0 Å². The zero-order valence-corrected chi connectivity index (χ0v) is 11.8. The van der Waals surface area contributed by atoms with Gasteiger partial charge in [-0.2, -0.15) is 0 Å². The summed E-state index contributed by atoms with van der Waals surface area (Å²) in [5.74, 6) is -0.749. The van der Waals surface area contributed by atoms with Crippen molar-refractivity contribution in [1.29, 1.82) is 0 Å². The van der Waals surface area contributed by atoms with Gasteiger partial charge in [0.25, 0.3) is 0 Å². The Morgan fingerprint density at radius 1 is 1.42 bits per heavy atom. The molecule has 0 unspecified atom stereocenters. The quantitative estimate of drug-likeness (QED) is 0.868. The van der Waals surface area contributed by atoms with Crippen LogP contribution in [0.2, 0.25) is 0 Å². The molecule has 1 aromatic rings. The zero-order valence-electron chi connectivity index (χ0n) is 10.9. The standard InChI is InChI=1S/C13H19FN2O2S/c1-2-13(6-3-7-13)16-19(17,18)12-5-4-10(9-15)8-11(12)14/h4-5,8,16H,2-3,6-7,9,15H2,1H3. The lowest BCUT2D eigenvalue weighted by Gasteiger charge is -2.41. The van der Waals surface area contributed by atoms with E-state index in [1.807, 2.05) is 6.92 Å². The Bertz CT molecular complexity index is 562. The van der Waals surface area contributed by atoms with Gasteiger partial charge < -0.3 is 5.73 Å². The van der Waals surface area contributed by atoms with Crippen molar-refractivity contribution < 1.29 is 12.8 Å². The number of benzene rings is 1. The minimum absolute atomic E-state index is 0.184. The molecule has 0 spiro atoms. The van der Waals surface area contributed by atoms with Crippen LogP contribution in [0.15, 0.2) is 23.1 Å². The van der Waals surface area contributed by atoms with Crippen molar-refractivity contribution in [3.05, 3.63) is 29.6 Å². The monoisotopic (exact) mass is 286 g/mol. The summed E-state index contributed by atoms with van der Waals surface area (Å²) in [6.07, 6.45) is 3.34. The van der Waals surface area contributed by atoms with Crippen molar-refractivity contribution in [2.45, 2.75) is 49.6 Å². The molecular weight excluding hydrogens is 267 g/mol. The summed E-state index contributed by atoms with van der Waals surface area (Å²) in [7, 11) is -3.81. The fraction of sp³-hybridized carbons (Fsp3) is 0.538. The van der Waals surface area contributed by atoms with Crippen LogP contribution in [0.4, 0.5) is 4.39 Å². The number of halogens is 1. The van der Waals surface area contributed by atoms with E-state index in [2.05, 4.69) is 4.72 Å². The molecule has 106 valence electrons. The maximum absolute atomic E-state index is 13.9. The molecule has 0 amide bonds. The molecule has 0 saturated heterocycles. The predicted octanol–water partition coefficient (Wildman–Crippen LogP) is 1.90. The molecule has 1 aromatic carbocycles. The summed E-state index contributed by atoms with van der Waals surface area (Å²) >= 11 is 0. The Morgan fingerprint density at radius 3 is 2.53 bits per heavy atom. The Morgan fingerprint density at radius 2 is 2.11 bits per heavy atom. The second-order valence-electron chi connectivity index (χ2n) is 5.06. The van der Waals surface area contributed by atoms with Gasteiger partial charge >= 0.3 is 0 Å². The van der Waals surface area contributed by atoms with Crippen LogP contribution in [0.5, 0.6) is 0 Å². The number of nitrogens with two attached hydrogens (primary N) is 1. The first-order valence-corrected chi connectivity index (χ1v) is 7.93. The van der Waals surface area contributed by atoms with Crippen molar-refractivity contribution in [2.75, 3.05) is 0 Å². The second kappa shape index (κ2) is 5.19. The largest absolute Gasteiger partial charge is 0.326 e. The number of hydrogen-bond donors (Lipinski definition) is 2. The van der Waals surface area contributed by atoms with E-state index in [9.17, 15) is 12.8 Å². The first kappa shape index (κ1) is 14.4. The fourth-order valence-corrected chi connectivity index (χ4v) is 3.95. The van der Waals surface area contributed by atoms with E-state index in [1.54, 1.807) is 0 Å². The lowest BCUT2D eigenvalue weighted by Crippen LogP contribution is -2.52. The molecule has 4 nitrogen and oxygen atoms in total. The number of hydrogen-bond acceptors (Lipinski definition) is 3. The van der Waals surface area contributed by atoms with Gasteiger partial charge in [-0.15, -0.1) is 0 Å². The van der Waals surface area contributed by atoms with Gasteiger partial charge in [0, 0.05) is 12.1 Å². The Kier molecular flexibility index (Phi) is 3.94. The topological polar surface area (TPSA) is 72.2 Å². The lowest BCUT2D eigenvalue weighted by molar-refractivity contribution is 0.213. The highest BCUT2D eigenvalue weighted by molar-refractivity contribution is 7.89. The van der Waals surface area contributed by atoms with Gasteiger partial charge in [0.2, 0.25) is 10.0 Å². The van der Waals surface area contributed by atoms with Crippen LogP contribution >= 0.6 is 0 Å². The first-order valence-electron chi connectivity index (χ1n) is 6.45. The van der Waals surface area contributed by atoms with E-state index in [4.69, 9.17) is 5.73 Å².